The van der Waals surface area contributed by atoms with E-state index in [1.165, 1.54) is 5.56 Å². The summed E-state index contributed by atoms with van der Waals surface area (Å²) in [6, 6.07) is 0. The van der Waals surface area contributed by atoms with E-state index in [0.717, 1.165) is 29.4 Å². The van der Waals surface area contributed by atoms with Crippen LogP contribution >= 0.6 is 0 Å². The first-order valence-corrected chi connectivity index (χ1v) is 7.34. The molecule has 2 rings (SSSR count). The Hall–Kier alpha value is -2.11. The fourth-order valence-electron chi connectivity index (χ4n) is 2.29. The number of nitrogens with zero attached hydrogens (tertiary/aromatic N) is 4. The van der Waals surface area contributed by atoms with Crippen LogP contribution in [0.2, 0.25) is 0 Å². The fourth-order valence-corrected chi connectivity index (χ4v) is 2.29. The van der Waals surface area contributed by atoms with Gasteiger partial charge in [0.2, 0.25) is 0 Å². The van der Waals surface area contributed by atoms with Gasteiger partial charge in [0.1, 0.15) is 18.0 Å². The molecule has 0 atom stereocenters. The maximum absolute atomic E-state index is 4.40. The SMILES string of the molecule is CCNc1ncnc(NCc2cnn(C)c2C)c1C(C)C. The standard InChI is InChI=1S/C15H24N6/c1-6-16-14-13(10(2)3)15(19-9-18-14)17-7-12-8-20-21(5)11(12)4/h8-10H,6-7H2,1-5H3,(H2,16,17,18,19). The molecule has 6 heteroatoms. The predicted octanol–water partition coefficient (Wildman–Crippen LogP) is 2.69. The van der Waals surface area contributed by atoms with E-state index in [4.69, 9.17) is 0 Å². The number of hydrogen-bond donors (Lipinski definition) is 2. The molecule has 0 aliphatic carbocycles. The molecule has 6 nitrogen and oxygen atoms in total. The summed E-state index contributed by atoms with van der Waals surface area (Å²) in [5.74, 6) is 2.14. The van der Waals surface area contributed by atoms with Crippen LogP contribution in [-0.2, 0) is 13.6 Å². The van der Waals surface area contributed by atoms with E-state index in [1.54, 1.807) is 6.33 Å². The van der Waals surface area contributed by atoms with Crippen molar-refractivity contribution in [3.8, 4) is 0 Å². The van der Waals surface area contributed by atoms with Crippen molar-refractivity contribution in [2.45, 2.75) is 40.2 Å². The molecule has 2 N–H and O–H groups in total. The molecule has 0 saturated carbocycles. The molecular formula is C15H24N6. The maximum atomic E-state index is 4.40. The second-order valence-corrected chi connectivity index (χ2v) is 5.40. The Bertz CT molecular complexity index is 602. The van der Waals surface area contributed by atoms with Gasteiger partial charge in [0.25, 0.3) is 0 Å². The summed E-state index contributed by atoms with van der Waals surface area (Å²) < 4.78 is 1.88. The maximum Gasteiger partial charge on any atom is 0.135 e. The van der Waals surface area contributed by atoms with Gasteiger partial charge >= 0.3 is 0 Å². The zero-order valence-electron chi connectivity index (χ0n) is 13.4. The predicted molar refractivity (Wildman–Crippen MR) is 85.6 cm³/mol. The smallest absolute Gasteiger partial charge is 0.135 e. The first-order chi connectivity index (χ1) is 10.0. The van der Waals surface area contributed by atoms with Crippen molar-refractivity contribution >= 4 is 11.6 Å². The van der Waals surface area contributed by atoms with Crippen molar-refractivity contribution < 1.29 is 0 Å². The summed E-state index contributed by atoms with van der Waals surface area (Å²) in [6.07, 6.45) is 3.49. The summed E-state index contributed by atoms with van der Waals surface area (Å²) in [5.41, 5.74) is 3.46. The molecule has 2 heterocycles. The quantitative estimate of drug-likeness (QED) is 0.855. The second-order valence-electron chi connectivity index (χ2n) is 5.40. The van der Waals surface area contributed by atoms with Crippen molar-refractivity contribution in [3.63, 3.8) is 0 Å². The highest BCUT2D eigenvalue weighted by Gasteiger charge is 2.15. The first-order valence-electron chi connectivity index (χ1n) is 7.34. The van der Waals surface area contributed by atoms with Crippen molar-refractivity contribution in [2.75, 3.05) is 17.2 Å². The van der Waals surface area contributed by atoms with Crippen LogP contribution < -0.4 is 10.6 Å². The molecule has 0 fully saturated rings. The third-order valence-corrected chi connectivity index (χ3v) is 3.59. The minimum atomic E-state index is 0.345. The highest BCUT2D eigenvalue weighted by molar-refractivity contribution is 5.59. The normalized spacial score (nSPS) is 11.0. The van der Waals surface area contributed by atoms with Gasteiger partial charge in [0, 0.05) is 37.0 Å². The summed E-state index contributed by atoms with van der Waals surface area (Å²) >= 11 is 0. The van der Waals surface area contributed by atoms with Crippen molar-refractivity contribution in [1.82, 2.24) is 19.7 Å². The average molecular weight is 288 g/mol. The van der Waals surface area contributed by atoms with Crippen molar-refractivity contribution in [1.29, 1.82) is 0 Å². The number of hydrogen-bond acceptors (Lipinski definition) is 5. The van der Waals surface area contributed by atoms with E-state index < -0.39 is 0 Å². The van der Waals surface area contributed by atoms with Gasteiger partial charge in [-0.3, -0.25) is 4.68 Å². The zero-order chi connectivity index (χ0) is 15.4. The van der Waals surface area contributed by atoms with Crippen LogP contribution in [0.25, 0.3) is 0 Å². The highest BCUT2D eigenvalue weighted by Crippen LogP contribution is 2.28. The van der Waals surface area contributed by atoms with Crippen molar-refractivity contribution in [2.24, 2.45) is 7.05 Å². The van der Waals surface area contributed by atoms with Crippen LogP contribution in [0.5, 0.6) is 0 Å². The van der Waals surface area contributed by atoms with E-state index in [1.807, 2.05) is 17.9 Å². The Morgan fingerprint density at radius 2 is 1.86 bits per heavy atom. The van der Waals surface area contributed by atoms with E-state index in [0.29, 0.717) is 12.5 Å². The second kappa shape index (κ2) is 6.56. The Labute approximate surface area is 126 Å². The molecule has 0 saturated heterocycles. The van der Waals surface area contributed by atoms with Crippen LogP contribution in [0.1, 0.15) is 43.5 Å². The van der Waals surface area contributed by atoms with Gasteiger partial charge in [-0.25, -0.2) is 9.97 Å². The molecule has 21 heavy (non-hydrogen) atoms. The Morgan fingerprint density at radius 3 is 2.38 bits per heavy atom. The molecule has 0 unspecified atom stereocenters. The minimum absolute atomic E-state index is 0.345. The monoisotopic (exact) mass is 288 g/mol. The van der Waals surface area contributed by atoms with Crippen LogP contribution in [0, 0.1) is 6.92 Å². The van der Waals surface area contributed by atoms with Gasteiger partial charge in [-0.1, -0.05) is 13.8 Å². The summed E-state index contributed by atoms with van der Waals surface area (Å²) in [6.45, 7) is 10.00. The van der Waals surface area contributed by atoms with E-state index in [2.05, 4.69) is 53.4 Å². The van der Waals surface area contributed by atoms with Crippen LogP contribution in [0.15, 0.2) is 12.5 Å². The third kappa shape index (κ3) is 3.32. The average Bonchev–Trinajstić information content (AvgIpc) is 2.76. The van der Waals surface area contributed by atoms with E-state index >= 15 is 0 Å². The lowest BCUT2D eigenvalue weighted by molar-refractivity contribution is 0.738. The number of anilines is 2. The molecule has 0 aromatic carbocycles. The molecule has 0 spiro atoms. The summed E-state index contributed by atoms with van der Waals surface area (Å²) in [7, 11) is 1.95. The fraction of sp³-hybridized carbons (Fsp3) is 0.533. The number of aromatic nitrogens is 4. The van der Waals surface area contributed by atoms with E-state index in [9.17, 15) is 0 Å². The van der Waals surface area contributed by atoms with Crippen LogP contribution in [-0.4, -0.2) is 26.3 Å². The molecule has 2 aromatic heterocycles. The van der Waals surface area contributed by atoms with Crippen LogP contribution in [0.3, 0.4) is 0 Å². The number of rotatable bonds is 6. The van der Waals surface area contributed by atoms with Crippen LogP contribution in [0.4, 0.5) is 11.6 Å². The number of aryl methyl sites for hydroxylation is 1. The first kappa shape index (κ1) is 15.3. The molecule has 0 aliphatic heterocycles. The molecule has 0 bridgehead atoms. The molecule has 114 valence electrons. The van der Waals surface area contributed by atoms with Gasteiger partial charge in [0.15, 0.2) is 0 Å². The molecule has 0 amide bonds. The van der Waals surface area contributed by atoms with Gasteiger partial charge in [-0.15, -0.1) is 0 Å². The van der Waals surface area contributed by atoms with Gasteiger partial charge in [-0.2, -0.15) is 5.10 Å². The lowest BCUT2D eigenvalue weighted by Crippen LogP contribution is -2.11. The molecule has 2 aromatic rings. The molecule has 0 radical (unpaired) electrons. The lowest BCUT2D eigenvalue weighted by Gasteiger charge is -2.17. The third-order valence-electron chi connectivity index (χ3n) is 3.59. The zero-order valence-corrected chi connectivity index (χ0v) is 13.4. The Kier molecular flexibility index (Phi) is 4.77. The minimum Gasteiger partial charge on any atom is -0.370 e. The van der Waals surface area contributed by atoms with Gasteiger partial charge in [-0.05, 0) is 19.8 Å². The molecule has 0 aliphatic rings. The lowest BCUT2D eigenvalue weighted by atomic mass is 10.0. The summed E-state index contributed by atoms with van der Waals surface area (Å²) in [5, 5.41) is 11.0. The topological polar surface area (TPSA) is 67.7 Å². The Morgan fingerprint density at radius 1 is 1.19 bits per heavy atom. The Balaban J connectivity index is 2.23. The molecular weight excluding hydrogens is 264 g/mol. The summed E-state index contributed by atoms with van der Waals surface area (Å²) in [4.78, 5) is 8.75. The van der Waals surface area contributed by atoms with E-state index in [-0.39, 0.29) is 0 Å². The number of nitrogens with one attached hydrogen (secondary N) is 2. The van der Waals surface area contributed by atoms with Gasteiger partial charge < -0.3 is 10.6 Å². The van der Waals surface area contributed by atoms with Crippen molar-refractivity contribution in [3.05, 3.63) is 29.3 Å². The largest absolute Gasteiger partial charge is 0.370 e. The van der Waals surface area contributed by atoms with Gasteiger partial charge in [0.05, 0.1) is 6.20 Å². The highest BCUT2D eigenvalue weighted by atomic mass is 15.3.